The fourth-order valence-electron chi connectivity index (χ4n) is 1.76. The highest BCUT2D eigenvalue weighted by atomic mass is 35.8. The highest BCUT2D eigenvalue weighted by molar-refractivity contribution is 8.14. The normalized spacial score (nSPS) is 22.8. The Morgan fingerprint density at radius 2 is 0.769 bits per heavy atom. The zero-order valence-corrected chi connectivity index (χ0v) is 22.9. The van der Waals surface area contributed by atoms with Crippen molar-refractivity contribution >= 4 is 129 Å². The maximum atomic E-state index is 6.49. The molecular formula is C12H10Al2Cl8N2P2. The third-order valence-electron chi connectivity index (χ3n) is 2.64. The van der Waals surface area contributed by atoms with E-state index in [1.807, 2.05) is 60.7 Å². The van der Waals surface area contributed by atoms with E-state index >= 15 is 0 Å². The first-order chi connectivity index (χ1) is 12.1. The molecule has 1 heterocycles. The Balaban J connectivity index is 0.000000360. The number of halogens is 8. The average Bonchev–Trinajstić information content (AvgIpc) is 2.54. The first-order valence-corrected chi connectivity index (χ1v) is 22.4. The van der Waals surface area contributed by atoms with E-state index in [2.05, 4.69) is 9.03 Å². The van der Waals surface area contributed by atoms with Gasteiger partial charge in [-0.15, -0.1) is 0 Å². The topological polar surface area (TPSA) is 24.7 Å². The summed E-state index contributed by atoms with van der Waals surface area (Å²) in [6.07, 6.45) is 0. The van der Waals surface area contributed by atoms with Crippen molar-refractivity contribution in [3.05, 3.63) is 60.7 Å². The van der Waals surface area contributed by atoms with E-state index in [0.29, 0.717) is 0 Å². The Labute approximate surface area is 196 Å². The van der Waals surface area contributed by atoms with Gasteiger partial charge in [-0.3, -0.25) is 0 Å². The molecule has 0 amide bonds. The molecule has 0 aromatic heterocycles. The van der Waals surface area contributed by atoms with E-state index in [0.717, 1.165) is 10.6 Å². The zero-order chi connectivity index (χ0) is 19.8. The molecule has 1 aliphatic heterocycles. The van der Waals surface area contributed by atoms with Crippen molar-refractivity contribution in [2.75, 3.05) is 0 Å². The summed E-state index contributed by atoms with van der Waals surface area (Å²) in [5, 5.41) is 1.94. The molecule has 0 N–H and O–H groups in total. The molecule has 2 aromatic rings. The van der Waals surface area contributed by atoms with Crippen LogP contribution in [-0.2, 0) is 0 Å². The lowest BCUT2D eigenvalue weighted by atomic mass is 10.4. The molecule has 3 rings (SSSR count). The van der Waals surface area contributed by atoms with Crippen LogP contribution in [0.1, 0.15) is 0 Å². The summed E-state index contributed by atoms with van der Waals surface area (Å²) < 4.78 is 9.22. The Morgan fingerprint density at radius 1 is 0.538 bits per heavy atom. The number of rotatable bonds is 2. The van der Waals surface area contributed by atoms with Crippen LogP contribution in [0.15, 0.2) is 69.7 Å². The molecule has 2 nitrogen and oxygen atoms in total. The lowest BCUT2D eigenvalue weighted by molar-refractivity contribution is 1.68. The van der Waals surface area contributed by atoms with Gasteiger partial charge in [0.1, 0.15) is 0 Å². The summed E-state index contributed by atoms with van der Waals surface area (Å²) in [4.78, 5) is 0. The predicted octanol–water partition coefficient (Wildman–Crippen LogP) is 8.57. The van der Waals surface area contributed by atoms with Crippen molar-refractivity contribution < 1.29 is 0 Å². The Morgan fingerprint density at radius 3 is 1.00 bits per heavy atom. The molecule has 0 saturated heterocycles. The van der Waals surface area contributed by atoms with Gasteiger partial charge in [0.2, 0.25) is 0 Å². The molecule has 14 heteroatoms. The zero-order valence-electron chi connectivity index (χ0n) is 12.7. The lowest BCUT2D eigenvalue weighted by Crippen LogP contribution is -2.07. The largest absolute Gasteiger partial charge is 0.643 e. The summed E-state index contributed by atoms with van der Waals surface area (Å²) in [6.45, 7) is -4.49. The Kier molecular flexibility index (Phi) is 13.0. The molecule has 26 heavy (non-hydrogen) atoms. The van der Waals surface area contributed by atoms with E-state index in [4.69, 9.17) is 82.8 Å². The van der Waals surface area contributed by atoms with Crippen LogP contribution in [-0.4, -0.2) is 22.8 Å². The van der Waals surface area contributed by atoms with Crippen molar-refractivity contribution in [1.82, 2.24) is 0 Å². The summed E-state index contributed by atoms with van der Waals surface area (Å²) in [5.41, 5.74) is 0. The van der Waals surface area contributed by atoms with E-state index in [1.165, 1.54) is 0 Å². The van der Waals surface area contributed by atoms with Gasteiger partial charge in [-0.05, 0) is 22.5 Å². The van der Waals surface area contributed by atoms with Crippen molar-refractivity contribution in [2.45, 2.75) is 0 Å². The second-order valence-corrected chi connectivity index (χ2v) is 24.7. The van der Waals surface area contributed by atoms with Crippen LogP contribution in [0, 0.1) is 0 Å². The number of benzene rings is 2. The second-order valence-electron chi connectivity index (χ2n) is 4.40. The van der Waals surface area contributed by atoms with Gasteiger partial charge in [0, 0.05) is 10.6 Å². The van der Waals surface area contributed by atoms with Crippen LogP contribution in [0.5, 0.6) is 0 Å². The van der Waals surface area contributed by atoms with E-state index in [9.17, 15) is 0 Å². The SMILES string of the molecule is ClP1(c2ccccc2)=NP(Cl)(c2ccccc2)=N1.[Cl][Al]([Cl])[Cl].[Cl][Al]([Cl])[Cl]. The maximum absolute atomic E-state index is 6.49. The van der Waals surface area contributed by atoms with Crippen molar-refractivity contribution in [1.29, 1.82) is 0 Å². The standard InChI is InChI=1S/C12H10Cl2N2P2.2Al.6ClH/c13-17(11-7-3-1-4-8-11)15-18(14,16-17)12-9-5-2-6-10-12;;;;;;;;/h1-10H;;;6*1H/q;2*+3;;;;;;/p-6. The number of nitrogens with zero attached hydrogens (tertiary/aromatic N) is 2. The molecule has 0 saturated carbocycles. The number of hydrogen-bond donors (Lipinski definition) is 0. The van der Waals surface area contributed by atoms with E-state index < -0.39 is 35.9 Å². The van der Waals surface area contributed by atoms with Crippen molar-refractivity contribution in [3.8, 4) is 0 Å². The van der Waals surface area contributed by atoms with Crippen LogP contribution >= 0.6 is 95.9 Å². The highest BCUT2D eigenvalue weighted by Crippen LogP contribution is 2.81. The number of hydrogen-bond acceptors (Lipinski definition) is 2. The minimum Gasteiger partial charge on any atom is -0.214 e. The van der Waals surface area contributed by atoms with E-state index in [1.54, 1.807) is 0 Å². The molecule has 2 aromatic carbocycles. The molecule has 140 valence electrons. The Hall–Kier alpha value is 2.28. The molecule has 0 fully saturated rings. The van der Waals surface area contributed by atoms with Gasteiger partial charge in [-0.2, -0.15) is 0 Å². The molecule has 0 radical (unpaired) electrons. The van der Waals surface area contributed by atoms with Crippen LogP contribution in [0.4, 0.5) is 0 Å². The molecule has 0 unspecified atom stereocenters. The third kappa shape index (κ3) is 9.40. The van der Waals surface area contributed by atoms with E-state index in [-0.39, 0.29) is 0 Å². The van der Waals surface area contributed by atoms with Crippen molar-refractivity contribution in [2.24, 2.45) is 9.03 Å². The second kappa shape index (κ2) is 12.9. The van der Waals surface area contributed by atoms with Crippen LogP contribution in [0.3, 0.4) is 0 Å². The molecule has 0 spiro atoms. The third-order valence-corrected chi connectivity index (χ3v) is 12.0. The van der Waals surface area contributed by atoms with Crippen LogP contribution in [0.25, 0.3) is 0 Å². The van der Waals surface area contributed by atoms with Gasteiger partial charge in [0.15, 0.2) is 13.1 Å². The average molecular weight is 582 g/mol. The van der Waals surface area contributed by atoms with Gasteiger partial charge in [-0.25, -0.2) is 69.3 Å². The fraction of sp³-hybridized carbons (Fsp3) is 0. The van der Waals surface area contributed by atoms with Gasteiger partial charge in [0.05, 0.1) is 0 Å². The van der Waals surface area contributed by atoms with Crippen molar-refractivity contribution in [3.63, 3.8) is 0 Å². The van der Waals surface area contributed by atoms with Gasteiger partial charge in [0.25, 0.3) is 0 Å². The quantitative estimate of drug-likeness (QED) is 0.251. The predicted molar refractivity (Wildman–Crippen MR) is 129 cm³/mol. The van der Waals surface area contributed by atoms with Crippen LogP contribution < -0.4 is 10.6 Å². The van der Waals surface area contributed by atoms with Gasteiger partial charge >= 0.3 is 22.8 Å². The smallest absolute Gasteiger partial charge is 0.214 e. The highest BCUT2D eigenvalue weighted by Gasteiger charge is 2.36. The summed E-state index contributed by atoms with van der Waals surface area (Å²) in [5.74, 6) is 0. The maximum Gasteiger partial charge on any atom is 0.643 e. The first kappa shape index (κ1) is 26.3. The van der Waals surface area contributed by atoms with Gasteiger partial charge in [-0.1, -0.05) is 60.7 Å². The molecule has 1 aliphatic rings. The summed E-state index contributed by atoms with van der Waals surface area (Å²) in [7, 11) is 29.7. The van der Waals surface area contributed by atoms with Crippen LogP contribution in [0.2, 0.25) is 0 Å². The molecule has 0 aliphatic carbocycles. The van der Waals surface area contributed by atoms with Gasteiger partial charge < -0.3 is 0 Å². The lowest BCUT2D eigenvalue weighted by Gasteiger charge is -2.28. The molecular weight excluding hydrogens is 572 g/mol. The minimum absolute atomic E-state index is 0.971. The minimum atomic E-state index is -2.24. The summed E-state index contributed by atoms with van der Waals surface area (Å²) in [6, 6.07) is 19.5. The first-order valence-electron chi connectivity index (χ1n) is 6.72. The molecule has 0 atom stereocenters. The summed E-state index contributed by atoms with van der Waals surface area (Å²) >= 11 is 9.53. The monoisotopic (exact) mass is 578 g/mol. The Bertz CT molecular complexity index is 708. The fourth-order valence-corrected chi connectivity index (χ4v) is 11.9. The molecule has 0 bridgehead atoms.